The molecule has 0 atom stereocenters. The van der Waals surface area contributed by atoms with Crippen LogP contribution in [0.4, 0.5) is 8.78 Å². The molecular formula is C12H13F2NO. The molecule has 2 nitrogen and oxygen atoms in total. The summed E-state index contributed by atoms with van der Waals surface area (Å²) in [6.07, 6.45) is 2.30. The van der Waals surface area contributed by atoms with Crippen LogP contribution >= 0.6 is 0 Å². The maximum absolute atomic E-state index is 13.2. The lowest BCUT2D eigenvalue weighted by atomic mass is 10.1. The SMILES string of the molecule is O=C(NCCc1ccc(F)cc1F)C1CC1. The van der Waals surface area contributed by atoms with Crippen molar-refractivity contribution < 1.29 is 13.6 Å². The molecule has 0 heterocycles. The van der Waals surface area contributed by atoms with Gasteiger partial charge in [-0.1, -0.05) is 6.07 Å². The molecule has 1 saturated carbocycles. The number of halogens is 2. The molecule has 0 aromatic heterocycles. The Morgan fingerprint density at radius 2 is 2.12 bits per heavy atom. The Labute approximate surface area is 92.7 Å². The highest BCUT2D eigenvalue weighted by Crippen LogP contribution is 2.28. The third kappa shape index (κ3) is 2.78. The van der Waals surface area contributed by atoms with Gasteiger partial charge in [0.15, 0.2) is 0 Å². The Morgan fingerprint density at radius 1 is 1.38 bits per heavy atom. The minimum atomic E-state index is -0.580. The molecule has 0 saturated heterocycles. The summed E-state index contributed by atoms with van der Waals surface area (Å²) in [4.78, 5) is 11.3. The standard InChI is InChI=1S/C12H13F2NO/c13-10-4-3-8(11(14)7-10)5-6-15-12(16)9-1-2-9/h3-4,7,9H,1-2,5-6H2,(H,15,16). The van der Waals surface area contributed by atoms with E-state index >= 15 is 0 Å². The number of hydrogen-bond acceptors (Lipinski definition) is 1. The fourth-order valence-electron chi connectivity index (χ4n) is 1.53. The van der Waals surface area contributed by atoms with E-state index in [1.165, 1.54) is 12.1 Å². The second-order valence-corrected chi connectivity index (χ2v) is 4.05. The Hall–Kier alpha value is -1.45. The molecule has 1 aromatic carbocycles. The molecule has 16 heavy (non-hydrogen) atoms. The zero-order valence-corrected chi connectivity index (χ0v) is 8.80. The fourth-order valence-corrected chi connectivity index (χ4v) is 1.53. The molecule has 2 rings (SSSR count). The summed E-state index contributed by atoms with van der Waals surface area (Å²) in [6, 6.07) is 3.49. The summed E-state index contributed by atoms with van der Waals surface area (Å²) in [5.74, 6) is -0.926. The summed E-state index contributed by atoms with van der Waals surface area (Å²) < 4.78 is 25.8. The van der Waals surface area contributed by atoms with Crippen molar-refractivity contribution >= 4 is 5.91 Å². The largest absolute Gasteiger partial charge is 0.356 e. The first kappa shape index (κ1) is 11.0. The van der Waals surface area contributed by atoms with Gasteiger partial charge in [0.1, 0.15) is 11.6 Å². The summed E-state index contributed by atoms with van der Waals surface area (Å²) in [5.41, 5.74) is 0.428. The predicted octanol–water partition coefficient (Wildman–Crippen LogP) is 2.03. The number of carbonyl (C=O) groups is 1. The molecule has 0 bridgehead atoms. The van der Waals surface area contributed by atoms with Gasteiger partial charge in [-0.05, 0) is 30.9 Å². The van der Waals surface area contributed by atoms with Crippen molar-refractivity contribution in [1.29, 1.82) is 0 Å². The smallest absolute Gasteiger partial charge is 0.223 e. The lowest BCUT2D eigenvalue weighted by Crippen LogP contribution is -2.27. The van der Waals surface area contributed by atoms with Gasteiger partial charge in [-0.25, -0.2) is 8.78 Å². The predicted molar refractivity (Wildman–Crippen MR) is 55.8 cm³/mol. The first-order chi connectivity index (χ1) is 7.66. The normalized spacial score (nSPS) is 14.9. The molecule has 0 radical (unpaired) electrons. The lowest BCUT2D eigenvalue weighted by Gasteiger charge is -2.05. The second-order valence-electron chi connectivity index (χ2n) is 4.05. The van der Waals surface area contributed by atoms with Crippen LogP contribution in [0.15, 0.2) is 18.2 Å². The van der Waals surface area contributed by atoms with Gasteiger partial charge in [0.2, 0.25) is 5.91 Å². The van der Waals surface area contributed by atoms with E-state index < -0.39 is 11.6 Å². The van der Waals surface area contributed by atoms with Gasteiger partial charge in [-0.3, -0.25) is 4.79 Å². The lowest BCUT2D eigenvalue weighted by molar-refractivity contribution is -0.122. The maximum atomic E-state index is 13.2. The van der Waals surface area contributed by atoms with Crippen LogP contribution in [0.3, 0.4) is 0 Å². The molecule has 1 N–H and O–H groups in total. The van der Waals surface area contributed by atoms with Crippen LogP contribution in [0.1, 0.15) is 18.4 Å². The molecule has 0 spiro atoms. The average Bonchev–Trinajstić information content (AvgIpc) is 3.04. The van der Waals surface area contributed by atoms with Crippen LogP contribution in [0.2, 0.25) is 0 Å². The zero-order chi connectivity index (χ0) is 11.5. The molecule has 1 amide bonds. The molecule has 0 unspecified atom stereocenters. The van der Waals surface area contributed by atoms with E-state index in [1.807, 2.05) is 0 Å². The van der Waals surface area contributed by atoms with Crippen molar-refractivity contribution in [3.63, 3.8) is 0 Å². The van der Waals surface area contributed by atoms with E-state index in [-0.39, 0.29) is 11.8 Å². The van der Waals surface area contributed by atoms with Crippen LogP contribution in [-0.4, -0.2) is 12.5 Å². The van der Waals surface area contributed by atoms with Gasteiger partial charge >= 0.3 is 0 Å². The Kier molecular flexibility index (Phi) is 3.17. The maximum Gasteiger partial charge on any atom is 0.223 e. The molecule has 86 valence electrons. The molecular weight excluding hydrogens is 212 g/mol. The second kappa shape index (κ2) is 4.60. The highest BCUT2D eigenvalue weighted by Gasteiger charge is 2.28. The van der Waals surface area contributed by atoms with Crippen molar-refractivity contribution in [1.82, 2.24) is 5.32 Å². The third-order valence-electron chi connectivity index (χ3n) is 2.66. The molecule has 1 aromatic rings. The molecule has 0 aliphatic heterocycles. The molecule has 1 fully saturated rings. The third-order valence-corrected chi connectivity index (χ3v) is 2.66. The first-order valence-corrected chi connectivity index (χ1v) is 5.38. The summed E-state index contributed by atoms with van der Waals surface area (Å²) in [5, 5.41) is 2.74. The Bertz CT molecular complexity index is 402. The fraction of sp³-hybridized carbons (Fsp3) is 0.417. The number of carbonyl (C=O) groups excluding carboxylic acids is 1. The van der Waals surface area contributed by atoms with E-state index in [2.05, 4.69) is 5.32 Å². The van der Waals surface area contributed by atoms with E-state index in [9.17, 15) is 13.6 Å². The van der Waals surface area contributed by atoms with E-state index in [0.29, 0.717) is 18.5 Å². The number of hydrogen-bond donors (Lipinski definition) is 1. The van der Waals surface area contributed by atoms with E-state index in [4.69, 9.17) is 0 Å². The molecule has 1 aliphatic carbocycles. The van der Waals surface area contributed by atoms with Crippen molar-refractivity contribution in [2.24, 2.45) is 5.92 Å². The Balaban J connectivity index is 1.82. The first-order valence-electron chi connectivity index (χ1n) is 5.38. The minimum absolute atomic E-state index is 0.0440. The number of nitrogens with one attached hydrogen (secondary N) is 1. The minimum Gasteiger partial charge on any atom is -0.356 e. The quantitative estimate of drug-likeness (QED) is 0.834. The van der Waals surface area contributed by atoms with Crippen LogP contribution in [0, 0.1) is 17.6 Å². The van der Waals surface area contributed by atoms with Crippen LogP contribution in [0.5, 0.6) is 0 Å². The van der Waals surface area contributed by atoms with E-state index in [0.717, 1.165) is 18.9 Å². The molecule has 4 heteroatoms. The van der Waals surface area contributed by atoms with E-state index in [1.54, 1.807) is 0 Å². The number of benzene rings is 1. The van der Waals surface area contributed by atoms with Gasteiger partial charge in [0.25, 0.3) is 0 Å². The van der Waals surface area contributed by atoms with Gasteiger partial charge in [0, 0.05) is 18.5 Å². The van der Waals surface area contributed by atoms with Gasteiger partial charge in [-0.2, -0.15) is 0 Å². The van der Waals surface area contributed by atoms with Gasteiger partial charge < -0.3 is 5.32 Å². The van der Waals surface area contributed by atoms with Crippen molar-refractivity contribution in [2.45, 2.75) is 19.3 Å². The van der Waals surface area contributed by atoms with Crippen LogP contribution in [-0.2, 0) is 11.2 Å². The highest BCUT2D eigenvalue weighted by atomic mass is 19.1. The summed E-state index contributed by atoms with van der Waals surface area (Å²) in [6.45, 7) is 0.401. The topological polar surface area (TPSA) is 29.1 Å². The number of amides is 1. The molecule has 1 aliphatic rings. The van der Waals surface area contributed by atoms with Crippen LogP contribution in [0.25, 0.3) is 0 Å². The van der Waals surface area contributed by atoms with Crippen molar-refractivity contribution in [3.05, 3.63) is 35.4 Å². The summed E-state index contributed by atoms with van der Waals surface area (Å²) in [7, 11) is 0. The zero-order valence-electron chi connectivity index (χ0n) is 8.80. The van der Waals surface area contributed by atoms with Gasteiger partial charge in [-0.15, -0.1) is 0 Å². The Morgan fingerprint density at radius 3 is 2.75 bits per heavy atom. The summed E-state index contributed by atoms with van der Waals surface area (Å²) >= 11 is 0. The highest BCUT2D eigenvalue weighted by molar-refractivity contribution is 5.80. The number of rotatable bonds is 4. The van der Waals surface area contributed by atoms with Crippen molar-refractivity contribution in [2.75, 3.05) is 6.54 Å². The van der Waals surface area contributed by atoms with Crippen LogP contribution < -0.4 is 5.32 Å². The van der Waals surface area contributed by atoms with Gasteiger partial charge in [0.05, 0.1) is 0 Å². The average molecular weight is 225 g/mol. The van der Waals surface area contributed by atoms with Crippen molar-refractivity contribution in [3.8, 4) is 0 Å². The monoisotopic (exact) mass is 225 g/mol.